The molecule has 104 valence electrons. The first-order valence-electron chi connectivity index (χ1n) is 6.93. The highest BCUT2D eigenvalue weighted by atomic mass is 16.6. The average molecular weight is 262 g/mol. The fourth-order valence-electron chi connectivity index (χ4n) is 2.49. The van der Waals surface area contributed by atoms with Crippen LogP contribution in [0.3, 0.4) is 0 Å². The molecule has 1 aromatic carbocycles. The molecule has 1 atom stereocenters. The minimum absolute atomic E-state index is 0.191. The largest absolute Gasteiger partial charge is 0.445 e. The van der Waals surface area contributed by atoms with E-state index < -0.39 is 0 Å². The maximum atomic E-state index is 12.1. The molecule has 0 bridgehead atoms. The van der Waals surface area contributed by atoms with E-state index in [1.807, 2.05) is 42.3 Å². The van der Waals surface area contributed by atoms with Crippen molar-refractivity contribution in [3.63, 3.8) is 0 Å². The second-order valence-corrected chi connectivity index (χ2v) is 4.94. The molecule has 2 rings (SSSR count). The van der Waals surface area contributed by atoms with Crippen LogP contribution in [-0.4, -0.2) is 37.2 Å². The third-order valence-electron chi connectivity index (χ3n) is 3.51. The first-order chi connectivity index (χ1) is 9.31. The van der Waals surface area contributed by atoms with Gasteiger partial charge in [0.1, 0.15) is 6.61 Å². The smallest absolute Gasteiger partial charge is 0.410 e. The van der Waals surface area contributed by atoms with Crippen LogP contribution in [0.1, 0.15) is 24.8 Å². The van der Waals surface area contributed by atoms with Crippen molar-refractivity contribution in [3.05, 3.63) is 35.9 Å². The molecular formula is C15H22N2O2. The van der Waals surface area contributed by atoms with Crippen LogP contribution in [0.5, 0.6) is 0 Å². The van der Waals surface area contributed by atoms with Crippen molar-refractivity contribution in [1.29, 1.82) is 0 Å². The van der Waals surface area contributed by atoms with E-state index in [1.165, 1.54) is 6.42 Å². The minimum Gasteiger partial charge on any atom is -0.445 e. The molecule has 0 saturated carbocycles. The van der Waals surface area contributed by atoms with Gasteiger partial charge in [-0.2, -0.15) is 0 Å². The van der Waals surface area contributed by atoms with Crippen LogP contribution in [0.2, 0.25) is 0 Å². The Labute approximate surface area is 114 Å². The van der Waals surface area contributed by atoms with Crippen molar-refractivity contribution in [3.8, 4) is 0 Å². The molecular weight excluding hydrogens is 240 g/mol. The number of likely N-dealkylation sites (tertiary alicyclic amines) is 1. The number of nitrogens with zero attached hydrogens (tertiary/aromatic N) is 1. The lowest BCUT2D eigenvalue weighted by molar-refractivity contribution is 0.0684. The number of nitrogens with one attached hydrogen (secondary N) is 1. The lowest BCUT2D eigenvalue weighted by atomic mass is 10.0. The van der Waals surface area contributed by atoms with E-state index in [-0.39, 0.29) is 12.1 Å². The Kier molecular flexibility index (Phi) is 5.21. The van der Waals surface area contributed by atoms with Gasteiger partial charge in [-0.1, -0.05) is 30.3 Å². The van der Waals surface area contributed by atoms with E-state index in [0.717, 1.165) is 31.5 Å². The van der Waals surface area contributed by atoms with Gasteiger partial charge >= 0.3 is 6.09 Å². The van der Waals surface area contributed by atoms with Gasteiger partial charge in [0.05, 0.1) is 0 Å². The number of likely N-dealkylation sites (N-methyl/N-ethyl adjacent to an activating group) is 1. The van der Waals surface area contributed by atoms with E-state index in [2.05, 4.69) is 5.32 Å². The van der Waals surface area contributed by atoms with Crippen molar-refractivity contribution in [2.24, 2.45) is 0 Å². The second-order valence-electron chi connectivity index (χ2n) is 4.94. The van der Waals surface area contributed by atoms with E-state index >= 15 is 0 Å². The molecule has 1 heterocycles. The quantitative estimate of drug-likeness (QED) is 0.906. The van der Waals surface area contributed by atoms with Crippen LogP contribution in [-0.2, 0) is 11.3 Å². The number of ether oxygens (including phenoxy) is 1. The van der Waals surface area contributed by atoms with Crippen LogP contribution >= 0.6 is 0 Å². The molecule has 0 unspecified atom stereocenters. The molecule has 0 aromatic heterocycles. The normalized spacial score (nSPS) is 19.2. The Morgan fingerprint density at radius 2 is 2.16 bits per heavy atom. The number of carbonyl (C=O) groups excluding carboxylic acids is 1. The number of benzene rings is 1. The van der Waals surface area contributed by atoms with E-state index in [4.69, 9.17) is 4.74 Å². The highest BCUT2D eigenvalue weighted by Gasteiger charge is 2.27. The molecule has 19 heavy (non-hydrogen) atoms. The molecule has 0 aliphatic carbocycles. The van der Waals surface area contributed by atoms with Crippen LogP contribution < -0.4 is 5.32 Å². The third kappa shape index (κ3) is 3.96. The number of carbonyl (C=O) groups is 1. The van der Waals surface area contributed by atoms with Crippen LogP contribution in [0.15, 0.2) is 30.3 Å². The third-order valence-corrected chi connectivity index (χ3v) is 3.51. The highest BCUT2D eigenvalue weighted by Crippen LogP contribution is 2.18. The molecule has 1 saturated heterocycles. The zero-order valence-corrected chi connectivity index (χ0v) is 11.5. The maximum absolute atomic E-state index is 12.1. The predicted molar refractivity (Wildman–Crippen MR) is 74.9 cm³/mol. The van der Waals surface area contributed by atoms with Crippen molar-refractivity contribution in [2.75, 3.05) is 20.1 Å². The van der Waals surface area contributed by atoms with Crippen LogP contribution in [0, 0.1) is 0 Å². The topological polar surface area (TPSA) is 41.6 Å². The summed E-state index contributed by atoms with van der Waals surface area (Å²) in [6.45, 7) is 1.99. The fraction of sp³-hybridized carbons (Fsp3) is 0.533. The van der Waals surface area contributed by atoms with Gasteiger partial charge in [0.2, 0.25) is 0 Å². The summed E-state index contributed by atoms with van der Waals surface area (Å²) in [5.41, 5.74) is 1.03. The maximum Gasteiger partial charge on any atom is 0.410 e. The molecule has 1 N–H and O–H groups in total. The summed E-state index contributed by atoms with van der Waals surface area (Å²) >= 11 is 0. The first-order valence-corrected chi connectivity index (χ1v) is 6.93. The molecule has 1 aliphatic heterocycles. The number of rotatable bonds is 4. The van der Waals surface area contributed by atoms with Crippen molar-refractivity contribution in [1.82, 2.24) is 10.2 Å². The van der Waals surface area contributed by atoms with Gasteiger partial charge in [-0.15, -0.1) is 0 Å². The van der Waals surface area contributed by atoms with Gasteiger partial charge in [0.25, 0.3) is 0 Å². The Bertz CT molecular complexity index is 392. The molecule has 4 heteroatoms. The lowest BCUT2D eigenvalue weighted by Crippen LogP contribution is -2.48. The zero-order chi connectivity index (χ0) is 13.5. The number of hydrogen-bond donors (Lipinski definition) is 1. The standard InChI is InChI=1S/C15H22N2O2/c1-16-11-14-9-5-6-10-17(14)15(18)19-12-13-7-3-2-4-8-13/h2-4,7-8,14,16H,5-6,9-12H2,1H3/t14-/m0/s1. The Balaban J connectivity index is 1.87. The van der Waals surface area contributed by atoms with Crippen LogP contribution in [0.4, 0.5) is 4.79 Å². The number of hydrogen-bond acceptors (Lipinski definition) is 3. The lowest BCUT2D eigenvalue weighted by Gasteiger charge is -2.34. The van der Waals surface area contributed by atoms with E-state index in [9.17, 15) is 4.79 Å². The van der Waals surface area contributed by atoms with Gasteiger partial charge in [-0.25, -0.2) is 4.79 Å². The summed E-state index contributed by atoms with van der Waals surface area (Å²) in [5.74, 6) is 0. The number of piperidine rings is 1. The average Bonchev–Trinajstić information content (AvgIpc) is 2.47. The van der Waals surface area contributed by atoms with E-state index in [0.29, 0.717) is 6.61 Å². The summed E-state index contributed by atoms with van der Waals surface area (Å²) in [7, 11) is 1.92. The van der Waals surface area contributed by atoms with Gasteiger partial charge in [-0.3, -0.25) is 0 Å². The highest BCUT2D eigenvalue weighted by molar-refractivity contribution is 5.68. The van der Waals surface area contributed by atoms with Gasteiger partial charge in [-0.05, 0) is 31.9 Å². The monoisotopic (exact) mass is 262 g/mol. The summed E-state index contributed by atoms with van der Waals surface area (Å²) in [5, 5.41) is 3.15. The molecule has 0 radical (unpaired) electrons. The van der Waals surface area contributed by atoms with Crippen molar-refractivity contribution >= 4 is 6.09 Å². The molecule has 4 nitrogen and oxygen atoms in total. The predicted octanol–water partition coefficient (Wildman–Crippen LogP) is 2.40. The molecule has 0 spiro atoms. The second kappa shape index (κ2) is 7.14. The van der Waals surface area contributed by atoms with Gasteiger partial charge < -0.3 is 15.0 Å². The fourth-order valence-corrected chi connectivity index (χ4v) is 2.49. The minimum atomic E-state index is -0.191. The molecule has 1 aromatic rings. The number of amides is 1. The van der Waals surface area contributed by atoms with Crippen LogP contribution in [0.25, 0.3) is 0 Å². The zero-order valence-electron chi connectivity index (χ0n) is 11.5. The summed E-state index contributed by atoms with van der Waals surface area (Å²) in [4.78, 5) is 14.0. The van der Waals surface area contributed by atoms with Crippen molar-refractivity contribution in [2.45, 2.75) is 31.9 Å². The van der Waals surface area contributed by atoms with Crippen molar-refractivity contribution < 1.29 is 9.53 Å². The Morgan fingerprint density at radius 3 is 2.89 bits per heavy atom. The Morgan fingerprint density at radius 1 is 1.37 bits per heavy atom. The molecule has 1 aliphatic rings. The van der Waals surface area contributed by atoms with E-state index in [1.54, 1.807) is 0 Å². The first kappa shape index (κ1) is 13.9. The SMILES string of the molecule is CNC[C@@H]1CCCCN1C(=O)OCc1ccccc1. The molecule has 1 amide bonds. The molecule has 1 fully saturated rings. The summed E-state index contributed by atoms with van der Waals surface area (Å²) < 4.78 is 5.40. The Hall–Kier alpha value is -1.55. The van der Waals surface area contributed by atoms with Gasteiger partial charge in [0.15, 0.2) is 0 Å². The van der Waals surface area contributed by atoms with Gasteiger partial charge in [0, 0.05) is 19.1 Å². The summed E-state index contributed by atoms with van der Waals surface area (Å²) in [6, 6.07) is 10.1. The summed E-state index contributed by atoms with van der Waals surface area (Å²) in [6.07, 6.45) is 3.13.